The lowest BCUT2D eigenvalue weighted by atomic mass is 9.79. The van der Waals surface area contributed by atoms with Gasteiger partial charge in [0.1, 0.15) is 0 Å². The molecule has 23 heavy (non-hydrogen) atoms. The van der Waals surface area contributed by atoms with E-state index in [0.29, 0.717) is 24.1 Å². The van der Waals surface area contributed by atoms with E-state index in [1.165, 1.54) is 7.05 Å². The van der Waals surface area contributed by atoms with E-state index in [0.717, 1.165) is 12.8 Å². The summed E-state index contributed by atoms with van der Waals surface area (Å²) in [5, 5.41) is 16.2. The average Bonchev–Trinajstić information content (AvgIpc) is 2.93. The molecule has 0 aliphatic heterocycles. The van der Waals surface area contributed by atoms with E-state index in [-0.39, 0.29) is 24.7 Å². The van der Waals surface area contributed by atoms with Crippen LogP contribution < -0.4 is 15.7 Å². The van der Waals surface area contributed by atoms with Crippen LogP contribution in [-0.2, 0) is 9.59 Å². The first-order valence-electron chi connectivity index (χ1n) is 7.77. The Kier molecular flexibility index (Phi) is 5.36. The van der Waals surface area contributed by atoms with Crippen molar-refractivity contribution in [2.75, 3.05) is 12.4 Å². The fourth-order valence-electron chi connectivity index (χ4n) is 3.31. The summed E-state index contributed by atoms with van der Waals surface area (Å²) in [5.74, 6) is -1.68. The molecule has 2 amide bonds. The zero-order chi connectivity index (χ0) is 16.9. The van der Waals surface area contributed by atoms with Gasteiger partial charge in [-0.2, -0.15) is 0 Å². The number of nitrogens with one attached hydrogen (secondary N) is 2. The number of hydrogen-bond acceptors (Lipinski definition) is 4. The van der Waals surface area contributed by atoms with Crippen molar-refractivity contribution in [2.45, 2.75) is 38.5 Å². The van der Waals surface area contributed by atoms with Gasteiger partial charge in [-0.3, -0.25) is 9.59 Å². The van der Waals surface area contributed by atoms with Gasteiger partial charge in [-0.25, -0.2) is 0 Å². The molecule has 0 atom stereocenters. The van der Waals surface area contributed by atoms with Crippen LogP contribution in [0.4, 0.5) is 5.69 Å². The number of benzene rings is 1. The van der Waals surface area contributed by atoms with Gasteiger partial charge in [0, 0.05) is 19.4 Å². The summed E-state index contributed by atoms with van der Waals surface area (Å²) in [6.45, 7) is 0. The molecule has 1 fully saturated rings. The molecule has 1 aliphatic carbocycles. The Labute approximate surface area is 135 Å². The fourth-order valence-corrected chi connectivity index (χ4v) is 3.31. The van der Waals surface area contributed by atoms with Crippen molar-refractivity contribution in [2.24, 2.45) is 5.41 Å². The Hall–Kier alpha value is -2.37. The van der Waals surface area contributed by atoms with Gasteiger partial charge in [-0.15, -0.1) is 0 Å². The molecule has 6 nitrogen and oxygen atoms in total. The molecule has 0 bridgehead atoms. The molecule has 0 aromatic heterocycles. The minimum Gasteiger partial charge on any atom is -0.550 e. The third-order valence-electron chi connectivity index (χ3n) is 4.39. The van der Waals surface area contributed by atoms with Crippen molar-refractivity contribution in [1.82, 2.24) is 5.32 Å². The molecule has 0 radical (unpaired) electrons. The Morgan fingerprint density at radius 2 is 1.78 bits per heavy atom. The summed E-state index contributed by atoms with van der Waals surface area (Å²) < 4.78 is 0. The van der Waals surface area contributed by atoms with Crippen LogP contribution in [0.3, 0.4) is 0 Å². The Morgan fingerprint density at radius 1 is 1.13 bits per heavy atom. The van der Waals surface area contributed by atoms with Crippen molar-refractivity contribution < 1.29 is 19.5 Å². The van der Waals surface area contributed by atoms with Crippen molar-refractivity contribution in [3.8, 4) is 0 Å². The van der Waals surface area contributed by atoms with Crippen molar-refractivity contribution >= 4 is 23.5 Å². The third kappa shape index (κ3) is 4.31. The van der Waals surface area contributed by atoms with E-state index in [2.05, 4.69) is 10.6 Å². The first-order chi connectivity index (χ1) is 11.0. The smallest absolute Gasteiger partial charge is 0.253 e. The minimum absolute atomic E-state index is 0.0997. The Morgan fingerprint density at radius 3 is 2.39 bits per heavy atom. The molecule has 0 saturated heterocycles. The normalized spacial score (nSPS) is 15.9. The molecule has 1 aromatic carbocycles. The SMILES string of the molecule is CNC(=O)c1ccccc1NC(=O)CC1(CC(=O)[O-])CCCC1. The summed E-state index contributed by atoms with van der Waals surface area (Å²) in [6, 6.07) is 6.73. The highest BCUT2D eigenvalue weighted by molar-refractivity contribution is 6.03. The second kappa shape index (κ2) is 7.26. The van der Waals surface area contributed by atoms with Crippen LogP contribution in [0.25, 0.3) is 0 Å². The first-order valence-corrected chi connectivity index (χ1v) is 7.77. The molecule has 0 spiro atoms. The summed E-state index contributed by atoms with van der Waals surface area (Å²) in [5.41, 5.74) is 0.285. The fraction of sp³-hybridized carbons (Fsp3) is 0.471. The standard InChI is InChI=1S/C17H22N2O4/c1-18-16(23)12-6-2-3-7-13(12)19-14(20)10-17(11-15(21)22)8-4-5-9-17/h2-3,6-7H,4-5,8-11H2,1H3,(H,18,23)(H,19,20)(H,21,22)/p-1. The lowest BCUT2D eigenvalue weighted by molar-refractivity contribution is -0.308. The van der Waals surface area contributed by atoms with Crippen LogP contribution in [0.15, 0.2) is 24.3 Å². The summed E-state index contributed by atoms with van der Waals surface area (Å²) in [6.07, 6.45) is 3.31. The van der Waals surface area contributed by atoms with Gasteiger partial charge in [0.15, 0.2) is 0 Å². The number of anilines is 1. The van der Waals surface area contributed by atoms with E-state index in [9.17, 15) is 19.5 Å². The third-order valence-corrected chi connectivity index (χ3v) is 4.39. The molecular weight excluding hydrogens is 296 g/mol. The highest BCUT2D eigenvalue weighted by Crippen LogP contribution is 2.44. The number of carboxylic acid groups (broad SMARTS) is 1. The topological polar surface area (TPSA) is 98.3 Å². The molecule has 2 rings (SSSR count). The molecular formula is C17H21N2O4-. The number of carboxylic acids is 1. The van der Waals surface area contributed by atoms with E-state index in [1.807, 2.05) is 0 Å². The highest BCUT2D eigenvalue weighted by atomic mass is 16.4. The molecule has 124 valence electrons. The lowest BCUT2D eigenvalue weighted by Gasteiger charge is -2.28. The number of para-hydroxylation sites is 1. The quantitative estimate of drug-likeness (QED) is 0.820. The summed E-state index contributed by atoms with van der Waals surface area (Å²) in [7, 11) is 1.52. The molecule has 2 N–H and O–H groups in total. The molecule has 0 unspecified atom stereocenters. The van der Waals surface area contributed by atoms with Gasteiger partial charge in [0.2, 0.25) is 5.91 Å². The maximum atomic E-state index is 12.4. The Bertz CT molecular complexity index is 606. The van der Waals surface area contributed by atoms with Gasteiger partial charge < -0.3 is 20.5 Å². The molecule has 1 aromatic rings. The zero-order valence-electron chi connectivity index (χ0n) is 13.2. The zero-order valence-corrected chi connectivity index (χ0v) is 13.2. The predicted octanol–water partition coefficient (Wildman–Crippen LogP) is 1.08. The molecule has 0 heterocycles. The molecule has 1 saturated carbocycles. The van der Waals surface area contributed by atoms with E-state index in [1.54, 1.807) is 24.3 Å². The highest BCUT2D eigenvalue weighted by Gasteiger charge is 2.36. The van der Waals surface area contributed by atoms with Crippen LogP contribution in [0.5, 0.6) is 0 Å². The maximum Gasteiger partial charge on any atom is 0.253 e. The van der Waals surface area contributed by atoms with Crippen molar-refractivity contribution in [1.29, 1.82) is 0 Å². The monoisotopic (exact) mass is 317 g/mol. The van der Waals surface area contributed by atoms with Crippen molar-refractivity contribution in [3.63, 3.8) is 0 Å². The van der Waals surface area contributed by atoms with Gasteiger partial charge in [-0.05, 0) is 36.8 Å². The van der Waals surface area contributed by atoms with Gasteiger partial charge in [0.05, 0.1) is 11.3 Å². The summed E-state index contributed by atoms with van der Waals surface area (Å²) in [4.78, 5) is 35.2. The van der Waals surface area contributed by atoms with Crippen LogP contribution in [-0.4, -0.2) is 24.8 Å². The number of carbonyl (C=O) groups excluding carboxylic acids is 3. The Balaban J connectivity index is 2.10. The lowest BCUT2D eigenvalue weighted by Crippen LogP contribution is -2.34. The summed E-state index contributed by atoms with van der Waals surface area (Å²) >= 11 is 0. The number of rotatable bonds is 6. The van der Waals surface area contributed by atoms with Crippen LogP contribution >= 0.6 is 0 Å². The predicted molar refractivity (Wildman–Crippen MR) is 83.6 cm³/mol. The van der Waals surface area contributed by atoms with Crippen LogP contribution in [0, 0.1) is 5.41 Å². The van der Waals surface area contributed by atoms with Gasteiger partial charge >= 0.3 is 0 Å². The second-order valence-corrected chi connectivity index (χ2v) is 6.11. The average molecular weight is 317 g/mol. The van der Waals surface area contributed by atoms with Crippen LogP contribution in [0.2, 0.25) is 0 Å². The first kappa shape index (κ1) is 17.0. The number of carbonyl (C=O) groups is 3. The number of hydrogen-bond donors (Lipinski definition) is 2. The number of aliphatic carboxylic acids is 1. The molecule has 6 heteroatoms. The molecule has 1 aliphatic rings. The van der Waals surface area contributed by atoms with Crippen molar-refractivity contribution in [3.05, 3.63) is 29.8 Å². The van der Waals surface area contributed by atoms with E-state index in [4.69, 9.17) is 0 Å². The second-order valence-electron chi connectivity index (χ2n) is 6.11. The maximum absolute atomic E-state index is 12.4. The van der Waals surface area contributed by atoms with Crippen LogP contribution in [0.1, 0.15) is 48.9 Å². The largest absolute Gasteiger partial charge is 0.550 e. The van der Waals surface area contributed by atoms with Gasteiger partial charge in [0.25, 0.3) is 5.91 Å². The number of amides is 2. The van der Waals surface area contributed by atoms with Gasteiger partial charge in [-0.1, -0.05) is 25.0 Å². The van der Waals surface area contributed by atoms with E-state index >= 15 is 0 Å². The minimum atomic E-state index is -1.12. The van der Waals surface area contributed by atoms with E-state index < -0.39 is 11.4 Å².